The van der Waals surface area contributed by atoms with E-state index in [1.54, 1.807) is 28.4 Å². The normalized spacial score (nSPS) is 18.5. The van der Waals surface area contributed by atoms with Crippen molar-refractivity contribution in [3.8, 4) is 23.0 Å². The Morgan fingerprint density at radius 1 is 0.786 bits per heavy atom. The highest BCUT2D eigenvalue weighted by atomic mass is 16.6. The maximum absolute atomic E-state index is 12.4. The maximum atomic E-state index is 12.4. The minimum Gasteiger partial charge on any atom is -0.493 e. The third-order valence-electron chi connectivity index (χ3n) is 5.00. The lowest BCUT2D eigenvalue weighted by Crippen LogP contribution is -2.10. The molecule has 0 saturated carbocycles. The average Bonchev–Trinajstić information content (AvgIpc) is 3.06. The van der Waals surface area contributed by atoms with Crippen LogP contribution in [0, 0.1) is 5.92 Å². The van der Waals surface area contributed by atoms with Gasteiger partial charge >= 0.3 is 5.97 Å². The van der Waals surface area contributed by atoms with Crippen LogP contribution in [0.1, 0.15) is 17.5 Å². The van der Waals surface area contributed by atoms with Crippen molar-refractivity contribution in [2.24, 2.45) is 5.92 Å². The summed E-state index contributed by atoms with van der Waals surface area (Å²) in [5.41, 5.74) is 2.06. The maximum Gasteiger partial charge on any atom is 0.309 e. The van der Waals surface area contributed by atoms with E-state index in [1.807, 2.05) is 36.4 Å². The topological polar surface area (TPSA) is 63.2 Å². The molecule has 0 aliphatic carbocycles. The summed E-state index contributed by atoms with van der Waals surface area (Å²) in [5.74, 6) is 2.37. The van der Waals surface area contributed by atoms with E-state index in [2.05, 4.69) is 0 Å². The first-order valence-corrected chi connectivity index (χ1v) is 9.20. The fourth-order valence-corrected chi connectivity index (χ4v) is 3.58. The van der Waals surface area contributed by atoms with Gasteiger partial charge in [0, 0.05) is 6.42 Å². The van der Waals surface area contributed by atoms with Crippen LogP contribution in [0.5, 0.6) is 23.0 Å². The molecule has 3 rings (SSSR count). The summed E-state index contributed by atoms with van der Waals surface area (Å²) < 4.78 is 26.8. The number of benzene rings is 2. The molecule has 1 aliphatic heterocycles. The van der Waals surface area contributed by atoms with Crippen LogP contribution < -0.4 is 18.9 Å². The molecule has 1 aliphatic rings. The van der Waals surface area contributed by atoms with Crippen LogP contribution in [-0.2, 0) is 22.4 Å². The standard InChI is InChI=1S/C22H26O6/c1-24-18-7-5-14(11-20(18)26-3)9-16-13-17(28-22(16)23)10-15-6-8-19(25-2)21(12-15)27-4/h5-8,11-12,16-17H,9-10,13H2,1-4H3/t16-,17+/m1/s1. The molecule has 0 amide bonds. The minimum atomic E-state index is -0.164. The Kier molecular flexibility index (Phi) is 6.29. The molecule has 0 spiro atoms. The number of ether oxygens (including phenoxy) is 5. The van der Waals surface area contributed by atoms with Crippen LogP contribution in [0.4, 0.5) is 0 Å². The third kappa shape index (κ3) is 4.32. The number of cyclic esters (lactones) is 1. The van der Waals surface area contributed by atoms with Gasteiger partial charge in [0.2, 0.25) is 0 Å². The molecule has 2 atom stereocenters. The monoisotopic (exact) mass is 386 g/mol. The van der Waals surface area contributed by atoms with Crippen molar-refractivity contribution in [1.82, 2.24) is 0 Å². The minimum absolute atomic E-state index is 0.143. The molecule has 6 heteroatoms. The van der Waals surface area contributed by atoms with Gasteiger partial charge in [-0.2, -0.15) is 0 Å². The second-order valence-electron chi connectivity index (χ2n) is 6.78. The van der Waals surface area contributed by atoms with Crippen LogP contribution in [0.3, 0.4) is 0 Å². The lowest BCUT2D eigenvalue weighted by atomic mass is 9.94. The molecule has 2 aromatic carbocycles. The molecule has 0 unspecified atom stereocenters. The summed E-state index contributed by atoms with van der Waals surface area (Å²) in [6.45, 7) is 0. The third-order valence-corrected chi connectivity index (χ3v) is 5.00. The first-order chi connectivity index (χ1) is 13.6. The number of hydrogen-bond acceptors (Lipinski definition) is 6. The fraction of sp³-hybridized carbons (Fsp3) is 0.409. The van der Waals surface area contributed by atoms with Crippen molar-refractivity contribution in [2.45, 2.75) is 25.4 Å². The van der Waals surface area contributed by atoms with Crippen LogP contribution in [0.2, 0.25) is 0 Å². The molecule has 2 aromatic rings. The van der Waals surface area contributed by atoms with Crippen LogP contribution >= 0.6 is 0 Å². The van der Waals surface area contributed by atoms with Gasteiger partial charge in [0.25, 0.3) is 0 Å². The molecule has 0 bridgehead atoms. The van der Waals surface area contributed by atoms with Crippen molar-refractivity contribution < 1.29 is 28.5 Å². The van der Waals surface area contributed by atoms with E-state index in [0.29, 0.717) is 42.3 Å². The SMILES string of the molecule is COc1ccc(C[C@H]2C[C@@H](Cc3ccc(OC)c(OC)c3)C(=O)O2)cc1OC. The second-order valence-corrected chi connectivity index (χ2v) is 6.78. The first kappa shape index (κ1) is 19.9. The Hall–Kier alpha value is -2.89. The molecule has 0 aromatic heterocycles. The zero-order chi connectivity index (χ0) is 20.1. The highest BCUT2D eigenvalue weighted by Crippen LogP contribution is 2.33. The number of carbonyl (C=O) groups excluding carboxylic acids is 1. The van der Waals surface area contributed by atoms with Crippen LogP contribution in [-0.4, -0.2) is 40.5 Å². The predicted molar refractivity (Wildman–Crippen MR) is 104 cm³/mol. The van der Waals surface area contributed by atoms with Gasteiger partial charge in [0.1, 0.15) is 6.10 Å². The summed E-state index contributed by atoms with van der Waals surface area (Å²) in [4.78, 5) is 12.4. The van der Waals surface area contributed by atoms with Gasteiger partial charge in [0.15, 0.2) is 23.0 Å². The van der Waals surface area contributed by atoms with Gasteiger partial charge in [-0.15, -0.1) is 0 Å². The van der Waals surface area contributed by atoms with E-state index >= 15 is 0 Å². The van der Waals surface area contributed by atoms with Gasteiger partial charge < -0.3 is 23.7 Å². The molecule has 1 fully saturated rings. The van der Waals surface area contributed by atoms with Crippen molar-refractivity contribution >= 4 is 5.97 Å². The van der Waals surface area contributed by atoms with Crippen LogP contribution in [0.15, 0.2) is 36.4 Å². The van der Waals surface area contributed by atoms with Crippen molar-refractivity contribution in [3.63, 3.8) is 0 Å². The van der Waals surface area contributed by atoms with Gasteiger partial charge in [-0.05, 0) is 48.2 Å². The second kappa shape index (κ2) is 8.87. The summed E-state index contributed by atoms with van der Waals surface area (Å²) in [7, 11) is 6.42. The van der Waals surface area contributed by atoms with Crippen LogP contribution in [0.25, 0.3) is 0 Å². The van der Waals surface area contributed by atoms with Gasteiger partial charge in [-0.1, -0.05) is 12.1 Å². The quantitative estimate of drug-likeness (QED) is 0.648. The Morgan fingerprint density at radius 3 is 1.79 bits per heavy atom. The van der Waals surface area contributed by atoms with Crippen molar-refractivity contribution in [3.05, 3.63) is 47.5 Å². The Balaban J connectivity index is 1.65. The molecular formula is C22H26O6. The number of esters is 1. The molecular weight excluding hydrogens is 360 g/mol. The Labute approximate surface area is 165 Å². The molecule has 1 saturated heterocycles. The van der Waals surface area contributed by atoms with E-state index in [1.165, 1.54) is 0 Å². The molecule has 6 nitrogen and oxygen atoms in total. The molecule has 0 radical (unpaired) electrons. The summed E-state index contributed by atoms with van der Waals surface area (Å²) in [6.07, 6.45) is 1.80. The average molecular weight is 386 g/mol. The van der Waals surface area contributed by atoms with Crippen molar-refractivity contribution in [2.75, 3.05) is 28.4 Å². The van der Waals surface area contributed by atoms with E-state index in [0.717, 1.165) is 11.1 Å². The number of carbonyl (C=O) groups is 1. The lowest BCUT2D eigenvalue weighted by molar-refractivity contribution is -0.144. The summed E-state index contributed by atoms with van der Waals surface area (Å²) >= 11 is 0. The highest BCUT2D eigenvalue weighted by Gasteiger charge is 2.34. The largest absolute Gasteiger partial charge is 0.493 e. The molecule has 28 heavy (non-hydrogen) atoms. The molecule has 0 N–H and O–H groups in total. The molecule has 150 valence electrons. The predicted octanol–water partition coefficient (Wildman–Crippen LogP) is 3.44. The lowest BCUT2D eigenvalue weighted by Gasteiger charge is -2.12. The van der Waals surface area contributed by atoms with Gasteiger partial charge in [-0.3, -0.25) is 4.79 Å². The number of hydrogen-bond donors (Lipinski definition) is 0. The van der Waals surface area contributed by atoms with E-state index < -0.39 is 0 Å². The van der Waals surface area contributed by atoms with E-state index in [-0.39, 0.29) is 18.0 Å². The summed E-state index contributed by atoms with van der Waals surface area (Å²) in [6, 6.07) is 11.5. The Morgan fingerprint density at radius 2 is 1.29 bits per heavy atom. The zero-order valence-electron chi connectivity index (χ0n) is 16.7. The Bertz CT molecular complexity index is 832. The highest BCUT2D eigenvalue weighted by molar-refractivity contribution is 5.75. The smallest absolute Gasteiger partial charge is 0.309 e. The van der Waals surface area contributed by atoms with Crippen molar-refractivity contribution in [1.29, 1.82) is 0 Å². The summed E-state index contributed by atoms with van der Waals surface area (Å²) in [5, 5.41) is 0. The zero-order valence-corrected chi connectivity index (χ0v) is 16.7. The van der Waals surface area contributed by atoms with Gasteiger partial charge in [-0.25, -0.2) is 0 Å². The van der Waals surface area contributed by atoms with E-state index in [4.69, 9.17) is 23.7 Å². The fourth-order valence-electron chi connectivity index (χ4n) is 3.58. The molecule has 1 heterocycles. The van der Waals surface area contributed by atoms with Gasteiger partial charge in [0.05, 0.1) is 34.4 Å². The number of rotatable bonds is 8. The number of methoxy groups -OCH3 is 4. The van der Waals surface area contributed by atoms with E-state index in [9.17, 15) is 4.79 Å². The first-order valence-electron chi connectivity index (χ1n) is 9.20.